The zero-order valence-electron chi connectivity index (χ0n) is 11.9. The highest BCUT2D eigenvalue weighted by Gasteiger charge is 2.23. The van der Waals surface area contributed by atoms with Crippen molar-refractivity contribution in [2.45, 2.75) is 46.1 Å². The average molecular weight is 240 g/mol. The van der Waals surface area contributed by atoms with Crippen LogP contribution in [0.15, 0.2) is 0 Å². The van der Waals surface area contributed by atoms with E-state index < -0.39 is 0 Å². The molecular formula is C14H28N2O. The summed E-state index contributed by atoms with van der Waals surface area (Å²) in [7, 11) is 2.10. The molecule has 17 heavy (non-hydrogen) atoms. The minimum Gasteiger partial charge on any atom is -0.303 e. The lowest BCUT2D eigenvalue weighted by molar-refractivity contribution is -0.124. The number of hydrogen-bond acceptors (Lipinski definition) is 3. The van der Waals surface area contributed by atoms with Gasteiger partial charge in [0.15, 0.2) is 0 Å². The van der Waals surface area contributed by atoms with E-state index in [-0.39, 0.29) is 5.92 Å². The van der Waals surface area contributed by atoms with Gasteiger partial charge in [0.05, 0.1) is 6.54 Å². The highest BCUT2D eigenvalue weighted by molar-refractivity contribution is 5.82. The fraction of sp³-hybridized carbons (Fsp3) is 0.929. The number of rotatable bonds is 6. The zero-order chi connectivity index (χ0) is 12.8. The zero-order valence-corrected chi connectivity index (χ0v) is 11.9. The van der Waals surface area contributed by atoms with Crippen molar-refractivity contribution < 1.29 is 4.79 Å². The van der Waals surface area contributed by atoms with E-state index in [1.54, 1.807) is 0 Å². The van der Waals surface area contributed by atoms with Crippen LogP contribution in [0.25, 0.3) is 0 Å². The van der Waals surface area contributed by atoms with Gasteiger partial charge in [0, 0.05) is 12.0 Å². The van der Waals surface area contributed by atoms with Gasteiger partial charge in [-0.25, -0.2) is 0 Å². The molecule has 0 amide bonds. The number of carbonyl (C=O) groups excluding carboxylic acids is 1. The Morgan fingerprint density at radius 3 is 2.41 bits per heavy atom. The molecule has 1 aliphatic heterocycles. The minimum absolute atomic E-state index is 0.216. The third-order valence-corrected chi connectivity index (χ3v) is 4.19. The average Bonchev–Trinajstić information content (AvgIpc) is 2.37. The molecule has 1 atom stereocenters. The molecule has 0 aliphatic carbocycles. The molecule has 1 saturated heterocycles. The first-order chi connectivity index (χ1) is 8.08. The van der Waals surface area contributed by atoms with Crippen LogP contribution in [-0.2, 0) is 4.79 Å². The van der Waals surface area contributed by atoms with Crippen LogP contribution in [0.3, 0.4) is 0 Å². The predicted octanol–water partition coefficient (Wildman–Crippen LogP) is 2.02. The Labute approximate surface area is 106 Å². The monoisotopic (exact) mass is 240 g/mol. The van der Waals surface area contributed by atoms with Gasteiger partial charge in [0.1, 0.15) is 5.78 Å². The van der Waals surface area contributed by atoms with E-state index in [1.807, 2.05) is 6.92 Å². The summed E-state index contributed by atoms with van der Waals surface area (Å²) >= 11 is 0. The van der Waals surface area contributed by atoms with Crippen molar-refractivity contribution in [3.63, 3.8) is 0 Å². The third kappa shape index (κ3) is 4.40. The van der Waals surface area contributed by atoms with Gasteiger partial charge >= 0.3 is 0 Å². The van der Waals surface area contributed by atoms with E-state index in [9.17, 15) is 4.79 Å². The molecule has 0 N–H and O–H groups in total. The first kappa shape index (κ1) is 14.7. The molecule has 0 radical (unpaired) electrons. The molecular weight excluding hydrogens is 212 g/mol. The van der Waals surface area contributed by atoms with Crippen molar-refractivity contribution in [2.24, 2.45) is 5.92 Å². The van der Waals surface area contributed by atoms with Crippen LogP contribution in [0.2, 0.25) is 0 Å². The number of likely N-dealkylation sites (N-methyl/N-ethyl adjacent to an activating group) is 1. The van der Waals surface area contributed by atoms with Crippen molar-refractivity contribution in [3.8, 4) is 0 Å². The Morgan fingerprint density at radius 1 is 1.35 bits per heavy atom. The second kappa shape index (κ2) is 7.12. The van der Waals surface area contributed by atoms with Crippen LogP contribution >= 0.6 is 0 Å². The lowest BCUT2D eigenvalue weighted by Crippen LogP contribution is -2.45. The lowest BCUT2D eigenvalue weighted by Gasteiger charge is -2.36. The van der Waals surface area contributed by atoms with Gasteiger partial charge in [-0.3, -0.25) is 9.69 Å². The first-order valence-corrected chi connectivity index (χ1v) is 7.03. The SMILES string of the molecule is CCC(C)C(=O)CN(C)C1CCN(CC)CC1. The molecule has 0 aromatic rings. The molecule has 1 aliphatic rings. The molecule has 1 rings (SSSR count). The minimum atomic E-state index is 0.216. The van der Waals surface area contributed by atoms with E-state index in [0.717, 1.165) is 13.0 Å². The van der Waals surface area contributed by atoms with Gasteiger partial charge in [-0.05, 0) is 45.9 Å². The van der Waals surface area contributed by atoms with Crippen LogP contribution in [0.1, 0.15) is 40.0 Å². The van der Waals surface area contributed by atoms with Gasteiger partial charge in [-0.15, -0.1) is 0 Å². The molecule has 1 heterocycles. The molecule has 3 nitrogen and oxygen atoms in total. The van der Waals surface area contributed by atoms with Crippen molar-refractivity contribution in [3.05, 3.63) is 0 Å². The fourth-order valence-electron chi connectivity index (χ4n) is 2.43. The first-order valence-electron chi connectivity index (χ1n) is 7.03. The lowest BCUT2D eigenvalue weighted by atomic mass is 10.00. The normalized spacial score (nSPS) is 20.8. The largest absolute Gasteiger partial charge is 0.303 e. The Balaban J connectivity index is 2.33. The van der Waals surface area contributed by atoms with E-state index >= 15 is 0 Å². The number of Topliss-reactive ketones (excluding diaryl/α,β-unsaturated/α-hetero) is 1. The predicted molar refractivity (Wildman–Crippen MR) is 72.2 cm³/mol. The molecule has 0 spiro atoms. The quantitative estimate of drug-likeness (QED) is 0.709. The van der Waals surface area contributed by atoms with E-state index in [0.29, 0.717) is 18.4 Å². The summed E-state index contributed by atoms with van der Waals surface area (Å²) in [5.74, 6) is 0.612. The van der Waals surface area contributed by atoms with Gasteiger partial charge in [0.25, 0.3) is 0 Å². The highest BCUT2D eigenvalue weighted by Crippen LogP contribution is 2.15. The Hall–Kier alpha value is -0.410. The van der Waals surface area contributed by atoms with Crippen molar-refractivity contribution in [1.29, 1.82) is 0 Å². The Bertz CT molecular complexity index is 234. The molecule has 0 saturated carbocycles. The van der Waals surface area contributed by atoms with Gasteiger partial charge in [0.2, 0.25) is 0 Å². The number of carbonyl (C=O) groups is 1. The smallest absolute Gasteiger partial charge is 0.149 e. The maximum atomic E-state index is 11.9. The summed E-state index contributed by atoms with van der Waals surface area (Å²) < 4.78 is 0. The molecule has 100 valence electrons. The van der Waals surface area contributed by atoms with Crippen LogP contribution in [0.5, 0.6) is 0 Å². The molecule has 1 fully saturated rings. The van der Waals surface area contributed by atoms with E-state index in [2.05, 4.69) is 30.7 Å². The van der Waals surface area contributed by atoms with Crippen molar-refractivity contribution >= 4 is 5.78 Å². The van der Waals surface area contributed by atoms with Crippen LogP contribution in [-0.4, -0.2) is 54.9 Å². The molecule has 0 bridgehead atoms. The van der Waals surface area contributed by atoms with Gasteiger partial charge in [-0.2, -0.15) is 0 Å². The van der Waals surface area contributed by atoms with Gasteiger partial charge < -0.3 is 4.90 Å². The second-order valence-electron chi connectivity index (χ2n) is 5.36. The summed E-state index contributed by atoms with van der Waals surface area (Å²) in [6.07, 6.45) is 3.37. The molecule has 0 aromatic heterocycles. The number of hydrogen-bond donors (Lipinski definition) is 0. The maximum Gasteiger partial charge on any atom is 0.149 e. The van der Waals surface area contributed by atoms with E-state index in [1.165, 1.54) is 25.9 Å². The fourth-order valence-corrected chi connectivity index (χ4v) is 2.43. The summed E-state index contributed by atoms with van der Waals surface area (Å²) in [5.41, 5.74) is 0. The number of likely N-dealkylation sites (tertiary alicyclic amines) is 1. The summed E-state index contributed by atoms with van der Waals surface area (Å²) in [6, 6.07) is 0.603. The van der Waals surface area contributed by atoms with Crippen molar-refractivity contribution in [1.82, 2.24) is 9.80 Å². The van der Waals surface area contributed by atoms with Crippen LogP contribution in [0, 0.1) is 5.92 Å². The molecule has 3 heteroatoms. The van der Waals surface area contributed by atoms with E-state index in [4.69, 9.17) is 0 Å². The molecule has 1 unspecified atom stereocenters. The summed E-state index contributed by atoms with van der Waals surface area (Å²) in [4.78, 5) is 16.6. The maximum absolute atomic E-state index is 11.9. The highest BCUT2D eigenvalue weighted by atomic mass is 16.1. The molecule has 0 aromatic carbocycles. The van der Waals surface area contributed by atoms with Crippen LogP contribution in [0.4, 0.5) is 0 Å². The van der Waals surface area contributed by atoms with Gasteiger partial charge in [-0.1, -0.05) is 20.8 Å². The number of nitrogens with zero attached hydrogens (tertiary/aromatic N) is 2. The number of ketones is 1. The summed E-state index contributed by atoms with van der Waals surface area (Å²) in [6.45, 7) is 10.5. The Morgan fingerprint density at radius 2 is 1.94 bits per heavy atom. The topological polar surface area (TPSA) is 23.6 Å². The van der Waals surface area contributed by atoms with Crippen molar-refractivity contribution in [2.75, 3.05) is 33.2 Å². The second-order valence-corrected chi connectivity index (χ2v) is 5.36. The third-order valence-electron chi connectivity index (χ3n) is 4.19. The summed E-state index contributed by atoms with van der Waals surface area (Å²) in [5, 5.41) is 0. The standard InChI is InChI=1S/C14H28N2O/c1-5-12(3)14(17)11-15(4)13-7-9-16(6-2)10-8-13/h12-13H,5-11H2,1-4H3. The Kier molecular flexibility index (Phi) is 6.14. The number of piperidine rings is 1. The van der Waals surface area contributed by atoms with Crippen LogP contribution < -0.4 is 0 Å².